The van der Waals surface area contributed by atoms with Crippen molar-refractivity contribution in [3.05, 3.63) is 29.8 Å². The Labute approximate surface area is 125 Å². The van der Waals surface area contributed by atoms with Crippen LogP contribution in [0.4, 0.5) is 0 Å². The first-order valence-electron chi connectivity index (χ1n) is 7.31. The second kappa shape index (κ2) is 9.00. The molecule has 1 atom stereocenters. The van der Waals surface area contributed by atoms with Gasteiger partial charge in [0.1, 0.15) is 11.9 Å². The highest BCUT2D eigenvalue weighted by Gasteiger charge is 2.17. The average molecular weight is 293 g/mol. The van der Waals surface area contributed by atoms with E-state index in [2.05, 4.69) is 5.32 Å². The van der Waals surface area contributed by atoms with E-state index in [0.717, 1.165) is 6.42 Å². The Balaban J connectivity index is 2.74. The van der Waals surface area contributed by atoms with Gasteiger partial charge in [-0.3, -0.25) is 9.59 Å². The monoisotopic (exact) mass is 293 g/mol. The number of phenolic OH excluding ortho intramolecular Hbond substituents is 1. The first-order chi connectivity index (χ1) is 10.1. The summed E-state index contributed by atoms with van der Waals surface area (Å²) in [5.74, 6) is -0.284. The van der Waals surface area contributed by atoms with Crippen molar-refractivity contribution in [2.45, 2.75) is 45.6 Å². The zero-order chi connectivity index (χ0) is 15.7. The van der Waals surface area contributed by atoms with Crippen LogP contribution in [0.3, 0.4) is 0 Å². The number of amides is 1. The number of phenols is 1. The molecule has 0 bridgehead atoms. The third-order valence-electron chi connectivity index (χ3n) is 2.93. The highest BCUT2D eigenvalue weighted by atomic mass is 16.5. The van der Waals surface area contributed by atoms with Crippen molar-refractivity contribution in [3.8, 4) is 5.75 Å². The molecule has 5 nitrogen and oxygen atoms in total. The summed E-state index contributed by atoms with van der Waals surface area (Å²) in [7, 11) is 0. The third-order valence-corrected chi connectivity index (χ3v) is 2.93. The lowest BCUT2D eigenvalue weighted by atomic mass is 10.1. The van der Waals surface area contributed by atoms with Gasteiger partial charge in [-0.1, -0.05) is 26.0 Å². The summed E-state index contributed by atoms with van der Waals surface area (Å²) in [6, 6.07) is 6.52. The van der Waals surface area contributed by atoms with Crippen molar-refractivity contribution in [1.82, 2.24) is 5.32 Å². The van der Waals surface area contributed by atoms with Crippen molar-refractivity contribution in [1.29, 1.82) is 0 Å². The van der Waals surface area contributed by atoms with E-state index >= 15 is 0 Å². The Morgan fingerprint density at radius 1 is 1.24 bits per heavy atom. The van der Waals surface area contributed by atoms with Gasteiger partial charge in [0.15, 0.2) is 0 Å². The molecule has 1 rings (SSSR count). The highest BCUT2D eigenvalue weighted by Crippen LogP contribution is 2.21. The molecule has 0 saturated carbocycles. The molecule has 116 valence electrons. The zero-order valence-electron chi connectivity index (χ0n) is 12.6. The van der Waals surface area contributed by atoms with Crippen LogP contribution in [0, 0.1) is 0 Å². The van der Waals surface area contributed by atoms with E-state index in [1.165, 1.54) is 6.07 Å². The van der Waals surface area contributed by atoms with Gasteiger partial charge in [0.25, 0.3) is 0 Å². The molecular formula is C16H23NO4. The summed E-state index contributed by atoms with van der Waals surface area (Å²) in [4.78, 5) is 23.2. The standard InChI is InChI=1S/C16H23NO4/c1-3-6-15(19)17-11-14(21-16(20)7-4-2)12-8-5-9-13(18)10-12/h5,8-10,14,18H,3-4,6-7,11H2,1-2H3,(H,17,19). The largest absolute Gasteiger partial charge is 0.508 e. The number of carbonyl (C=O) groups is 2. The Kier molecular flexibility index (Phi) is 7.29. The number of hydrogen-bond donors (Lipinski definition) is 2. The van der Waals surface area contributed by atoms with Crippen LogP contribution in [-0.4, -0.2) is 23.5 Å². The number of hydrogen-bond acceptors (Lipinski definition) is 4. The Morgan fingerprint density at radius 3 is 2.57 bits per heavy atom. The maximum atomic E-state index is 11.7. The Morgan fingerprint density at radius 2 is 1.95 bits per heavy atom. The molecule has 0 spiro atoms. The SMILES string of the molecule is CCCC(=O)NCC(OC(=O)CCC)c1cccc(O)c1. The predicted octanol–water partition coefficient (Wildman–Crippen LogP) is 2.69. The molecule has 0 fully saturated rings. The number of carbonyl (C=O) groups excluding carboxylic acids is 2. The van der Waals surface area contributed by atoms with E-state index in [0.29, 0.717) is 24.8 Å². The Hall–Kier alpha value is -2.04. The minimum Gasteiger partial charge on any atom is -0.508 e. The fourth-order valence-corrected chi connectivity index (χ4v) is 1.90. The predicted molar refractivity (Wildman–Crippen MR) is 79.8 cm³/mol. The molecular weight excluding hydrogens is 270 g/mol. The second-order valence-corrected chi connectivity index (χ2v) is 4.88. The van der Waals surface area contributed by atoms with Gasteiger partial charge >= 0.3 is 5.97 Å². The smallest absolute Gasteiger partial charge is 0.306 e. The normalized spacial score (nSPS) is 11.7. The van der Waals surface area contributed by atoms with Crippen LogP contribution in [0.15, 0.2) is 24.3 Å². The lowest BCUT2D eigenvalue weighted by Gasteiger charge is -2.19. The number of rotatable bonds is 8. The van der Waals surface area contributed by atoms with Crippen LogP contribution in [0.25, 0.3) is 0 Å². The van der Waals surface area contributed by atoms with Crippen LogP contribution < -0.4 is 5.32 Å². The quantitative estimate of drug-likeness (QED) is 0.723. The summed E-state index contributed by atoms with van der Waals surface area (Å²) in [5.41, 5.74) is 0.663. The summed E-state index contributed by atoms with van der Waals surface area (Å²) in [5, 5.41) is 12.3. The topological polar surface area (TPSA) is 75.6 Å². The minimum atomic E-state index is -0.586. The van der Waals surface area contributed by atoms with E-state index in [1.807, 2.05) is 13.8 Å². The van der Waals surface area contributed by atoms with Crippen molar-refractivity contribution < 1.29 is 19.4 Å². The number of aromatic hydroxyl groups is 1. The molecule has 0 radical (unpaired) electrons. The molecule has 2 N–H and O–H groups in total. The molecule has 5 heteroatoms. The number of ether oxygens (including phenoxy) is 1. The zero-order valence-corrected chi connectivity index (χ0v) is 12.6. The van der Waals surface area contributed by atoms with Gasteiger partial charge in [0.2, 0.25) is 5.91 Å². The van der Waals surface area contributed by atoms with E-state index in [4.69, 9.17) is 4.74 Å². The van der Waals surface area contributed by atoms with Crippen molar-refractivity contribution in [2.75, 3.05) is 6.54 Å². The first kappa shape index (κ1) is 17.0. The van der Waals surface area contributed by atoms with E-state index in [-0.39, 0.29) is 24.2 Å². The maximum absolute atomic E-state index is 11.7. The average Bonchev–Trinajstić information content (AvgIpc) is 2.44. The van der Waals surface area contributed by atoms with E-state index < -0.39 is 6.10 Å². The molecule has 1 aromatic carbocycles. The lowest BCUT2D eigenvalue weighted by Crippen LogP contribution is -2.30. The maximum Gasteiger partial charge on any atom is 0.306 e. The molecule has 0 saturated heterocycles. The molecule has 21 heavy (non-hydrogen) atoms. The highest BCUT2D eigenvalue weighted by molar-refractivity contribution is 5.76. The van der Waals surface area contributed by atoms with Gasteiger partial charge in [0.05, 0.1) is 6.54 Å². The molecule has 0 heterocycles. The Bertz CT molecular complexity index is 473. The van der Waals surface area contributed by atoms with Crippen LogP contribution in [0.1, 0.15) is 51.2 Å². The molecule has 0 aliphatic rings. The third kappa shape index (κ3) is 6.29. The molecule has 1 unspecified atom stereocenters. The van der Waals surface area contributed by atoms with Gasteiger partial charge in [-0.25, -0.2) is 0 Å². The number of esters is 1. The summed E-state index contributed by atoms with van der Waals surface area (Å²) >= 11 is 0. The molecule has 1 amide bonds. The van der Waals surface area contributed by atoms with Crippen LogP contribution in [-0.2, 0) is 14.3 Å². The summed E-state index contributed by atoms with van der Waals surface area (Å²) in [6.07, 6.45) is 1.65. The van der Waals surface area contributed by atoms with Crippen molar-refractivity contribution in [3.63, 3.8) is 0 Å². The van der Waals surface area contributed by atoms with Crippen LogP contribution in [0.2, 0.25) is 0 Å². The number of nitrogens with one attached hydrogen (secondary N) is 1. The van der Waals surface area contributed by atoms with Gasteiger partial charge in [0, 0.05) is 12.8 Å². The fourth-order valence-electron chi connectivity index (χ4n) is 1.90. The second-order valence-electron chi connectivity index (χ2n) is 4.88. The molecule has 0 aliphatic heterocycles. The van der Waals surface area contributed by atoms with Crippen LogP contribution >= 0.6 is 0 Å². The van der Waals surface area contributed by atoms with Crippen LogP contribution in [0.5, 0.6) is 5.75 Å². The van der Waals surface area contributed by atoms with Crippen molar-refractivity contribution in [2.24, 2.45) is 0 Å². The fraction of sp³-hybridized carbons (Fsp3) is 0.500. The van der Waals surface area contributed by atoms with Gasteiger partial charge in [-0.15, -0.1) is 0 Å². The van der Waals surface area contributed by atoms with E-state index in [9.17, 15) is 14.7 Å². The first-order valence-corrected chi connectivity index (χ1v) is 7.31. The lowest BCUT2D eigenvalue weighted by molar-refractivity contribution is -0.150. The van der Waals surface area contributed by atoms with Gasteiger partial charge < -0.3 is 15.2 Å². The van der Waals surface area contributed by atoms with E-state index in [1.54, 1.807) is 18.2 Å². The summed E-state index contributed by atoms with van der Waals surface area (Å²) in [6.45, 7) is 4.03. The van der Waals surface area contributed by atoms with Gasteiger partial charge in [-0.2, -0.15) is 0 Å². The van der Waals surface area contributed by atoms with Gasteiger partial charge in [-0.05, 0) is 30.5 Å². The van der Waals surface area contributed by atoms with Crippen molar-refractivity contribution >= 4 is 11.9 Å². The molecule has 0 aliphatic carbocycles. The molecule has 0 aromatic heterocycles. The molecule has 1 aromatic rings. The summed E-state index contributed by atoms with van der Waals surface area (Å²) < 4.78 is 5.40. The number of benzene rings is 1. The minimum absolute atomic E-state index is 0.0748.